The Bertz CT molecular complexity index is 2110. The van der Waals surface area contributed by atoms with E-state index in [0.29, 0.717) is 23.9 Å². The van der Waals surface area contributed by atoms with Crippen molar-refractivity contribution in [2.45, 2.75) is 347 Å². The van der Waals surface area contributed by atoms with E-state index in [1.54, 1.807) is 0 Å². The summed E-state index contributed by atoms with van der Waals surface area (Å²) >= 11 is 0. The fourth-order valence-electron chi connectivity index (χ4n) is 11.0. The molecule has 2 atom stereocenters. The van der Waals surface area contributed by atoms with Crippen LogP contribution in [0.15, 0.2) is 146 Å². The largest absolute Gasteiger partial charge is 0.477 e. The molecule has 0 saturated carbocycles. The van der Waals surface area contributed by atoms with Gasteiger partial charge in [0.2, 0.25) is 0 Å². The number of esters is 2. The maximum Gasteiger partial charge on any atom is 0.361 e. The zero-order chi connectivity index (χ0) is 70.4. The molecule has 2 unspecified atom stereocenters. The summed E-state index contributed by atoms with van der Waals surface area (Å²) in [5.74, 6) is -2.00. The average molecular weight is 1350 g/mol. The first kappa shape index (κ1) is 92.2. The van der Waals surface area contributed by atoms with Crippen LogP contribution in [0.25, 0.3) is 0 Å². The van der Waals surface area contributed by atoms with Gasteiger partial charge in [-0.25, -0.2) is 4.79 Å². The summed E-state index contributed by atoms with van der Waals surface area (Å²) in [7, 11) is 5.98. The fraction of sp³-hybridized carbons (Fsp3) is 0.693. The summed E-state index contributed by atoms with van der Waals surface area (Å²) < 4.78 is 23.0. The summed E-state index contributed by atoms with van der Waals surface area (Å²) in [6.45, 7) is 4.77. The minimum absolute atomic E-state index is 0.182. The highest BCUT2D eigenvalue weighted by molar-refractivity contribution is 5.71. The first-order valence-electron chi connectivity index (χ1n) is 40.0. The number of rotatable bonds is 73. The van der Waals surface area contributed by atoms with Gasteiger partial charge in [0.15, 0.2) is 6.10 Å². The Hall–Kier alpha value is -4.83. The van der Waals surface area contributed by atoms with Crippen molar-refractivity contribution in [1.82, 2.24) is 0 Å². The van der Waals surface area contributed by atoms with E-state index in [9.17, 15) is 19.5 Å². The molecule has 0 aliphatic carbocycles. The third kappa shape index (κ3) is 78.4. The van der Waals surface area contributed by atoms with Gasteiger partial charge in [-0.05, 0) is 122 Å². The molecule has 9 heteroatoms. The highest BCUT2D eigenvalue weighted by Crippen LogP contribution is 2.18. The van der Waals surface area contributed by atoms with E-state index < -0.39 is 24.3 Å². The van der Waals surface area contributed by atoms with E-state index >= 15 is 0 Å². The normalized spacial score (nSPS) is 13.5. The van der Waals surface area contributed by atoms with Crippen LogP contribution >= 0.6 is 0 Å². The minimum atomic E-state index is -1.52. The summed E-state index contributed by atoms with van der Waals surface area (Å²) in [4.78, 5) is 37.8. The number of carboxylic acids is 1. The van der Waals surface area contributed by atoms with Gasteiger partial charge < -0.3 is 28.5 Å². The Morgan fingerprint density at radius 3 is 0.876 bits per heavy atom. The van der Waals surface area contributed by atoms with Crippen LogP contribution in [0.2, 0.25) is 0 Å². The second-order valence-electron chi connectivity index (χ2n) is 27.6. The molecule has 97 heavy (non-hydrogen) atoms. The quantitative estimate of drug-likeness (QED) is 0.0211. The summed E-state index contributed by atoms with van der Waals surface area (Å²) in [5.41, 5.74) is 0. The van der Waals surface area contributed by atoms with Gasteiger partial charge in [-0.3, -0.25) is 9.59 Å². The van der Waals surface area contributed by atoms with Crippen LogP contribution in [-0.2, 0) is 33.3 Å². The molecule has 0 saturated heterocycles. The van der Waals surface area contributed by atoms with Crippen molar-refractivity contribution in [3.05, 3.63) is 146 Å². The lowest BCUT2D eigenvalue weighted by Crippen LogP contribution is -2.40. The molecule has 0 aromatic carbocycles. The number of nitrogens with zero attached hydrogens (tertiary/aromatic N) is 1. The zero-order valence-electron chi connectivity index (χ0n) is 63.4. The highest BCUT2D eigenvalue weighted by Gasteiger charge is 2.25. The van der Waals surface area contributed by atoms with Crippen LogP contribution in [0.3, 0.4) is 0 Å². The van der Waals surface area contributed by atoms with Crippen molar-refractivity contribution in [2.75, 3.05) is 47.5 Å². The predicted molar refractivity (Wildman–Crippen MR) is 419 cm³/mol. The average Bonchev–Trinajstić information content (AvgIpc) is 2.39. The van der Waals surface area contributed by atoms with Gasteiger partial charge >= 0.3 is 17.9 Å². The van der Waals surface area contributed by atoms with Crippen LogP contribution in [0, 0.1) is 0 Å². The Morgan fingerprint density at radius 2 is 0.588 bits per heavy atom. The van der Waals surface area contributed by atoms with E-state index in [2.05, 4.69) is 160 Å². The molecular weight excluding hydrogens is 1200 g/mol. The molecule has 0 aliphatic heterocycles. The smallest absolute Gasteiger partial charge is 0.361 e. The highest BCUT2D eigenvalue weighted by atomic mass is 16.7. The number of carbonyl (C=O) groups excluding carboxylic acids is 2. The Morgan fingerprint density at radius 1 is 0.320 bits per heavy atom. The molecule has 0 amide bonds. The lowest BCUT2D eigenvalue weighted by atomic mass is 10.0. The van der Waals surface area contributed by atoms with Gasteiger partial charge in [0.05, 0.1) is 34.4 Å². The number of carbonyl (C=O) groups is 3. The molecule has 0 spiro atoms. The third-order valence-electron chi connectivity index (χ3n) is 17.1. The monoisotopic (exact) mass is 1350 g/mol. The number of allylic oxidation sites excluding steroid dienone is 24. The molecule has 0 aliphatic rings. The van der Waals surface area contributed by atoms with E-state index in [0.717, 1.165) is 116 Å². The van der Waals surface area contributed by atoms with Crippen LogP contribution in [0.4, 0.5) is 0 Å². The Labute approximate surface area is 598 Å². The number of hydrogen-bond acceptors (Lipinski definition) is 7. The van der Waals surface area contributed by atoms with E-state index in [-0.39, 0.29) is 32.2 Å². The van der Waals surface area contributed by atoms with Crippen LogP contribution < -0.4 is 0 Å². The van der Waals surface area contributed by atoms with E-state index in [4.69, 9.17) is 18.9 Å². The topological polar surface area (TPSA) is 108 Å². The molecule has 9 nitrogen and oxygen atoms in total. The molecule has 0 bridgehead atoms. The van der Waals surface area contributed by atoms with Gasteiger partial charge in [0.1, 0.15) is 13.2 Å². The fourth-order valence-corrected chi connectivity index (χ4v) is 11.0. The zero-order valence-corrected chi connectivity index (χ0v) is 63.4. The second-order valence-corrected chi connectivity index (χ2v) is 27.6. The summed E-state index contributed by atoms with van der Waals surface area (Å²) in [6.07, 6.45) is 110. The molecule has 0 aromatic heterocycles. The molecule has 0 aromatic rings. The van der Waals surface area contributed by atoms with Gasteiger partial charge in [0.25, 0.3) is 6.29 Å². The predicted octanol–water partition coefficient (Wildman–Crippen LogP) is 25.8. The molecule has 1 N–H and O–H groups in total. The number of ether oxygens (including phenoxy) is 4. The van der Waals surface area contributed by atoms with Crippen LogP contribution in [-0.4, -0.2) is 87.4 Å². The Balaban J connectivity index is 4.08. The lowest BCUT2D eigenvalue weighted by molar-refractivity contribution is -0.870. The number of hydrogen-bond donors (Lipinski definition) is 1. The van der Waals surface area contributed by atoms with Gasteiger partial charge in [-0.2, -0.15) is 0 Å². The minimum Gasteiger partial charge on any atom is -0.477 e. The lowest BCUT2D eigenvalue weighted by Gasteiger charge is -2.25. The standard InChI is InChI=1S/C88H149NO8/c1-6-8-10-12-14-16-18-20-22-24-26-28-30-32-34-36-38-40-41-42-43-44-45-47-49-51-53-55-57-59-61-63-65-67-69-71-73-75-77-79-86(91)97-84(83-96-88(87(92)93)94-81-80-89(3,4)5)82-95-85(90)78-76-74-72-70-68-66-64-62-60-58-56-54-52-50-48-46-39-37-35-33-31-29-27-25-23-21-19-17-15-13-11-9-7-2/h8,10,14,16,19-22,25-28,31-34,38,40,42-43,45,47,51,53,84,88H,6-7,9,11-13,15,17-18,23-24,29-30,35-37,39,41,44,46,48-50,52,54-83H2,1-5H3/p+1/b10-8-,16-14-,21-19-,22-20-,27-25-,28-26-,33-31-,34-32-,40-38-,43-42-,47-45-,53-51-. The maximum atomic E-state index is 13.0. The van der Waals surface area contributed by atoms with Crippen LogP contribution in [0.5, 0.6) is 0 Å². The number of likely N-dealkylation sites (N-methyl/N-ethyl adjacent to an activating group) is 1. The molecule has 0 rings (SSSR count). The Kier molecular flexibility index (Phi) is 73.1. The first-order valence-corrected chi connectivity index (χ1v) is 40.0. The maximum absolute atomic E-state index is 13.0. The molecule has 554 valence electrons. The SMILES string of the molecule is CC/C=C\C/C=C\C/C=C\C/C=C\C/C=C\C/C=C\C/C=C\C/C=C\C/C=C\CCCCCCCCCCCCCC(=O)OC(COC(=O)CCCCCCCCCCCCCCCCCCCC/C=C\C/C=C\C/C=C\CCCCCCC)COC(OCC[N+](C)(C)C)C(=O)O. The summed E-state index contributed by atoms with van der Waals surface area (Å²) in [6, 6.07) is 0. The van der Waals surface area contributed by atoms with Crippen molar-refractivity contribution >= 4 is 17.9 Å². The third-order valence-corrected chi connectivity index (χ3v) is 17.1. The van der Waals surface area contributed by atoms with Gasteiger partial charge in [-0.1, -0.05) is 346 Å². The number of carboxylic acid groups (broad SMARTS) is 1. The first-order chi connectivity index (χ1) is 47.6. The van der Waals surface area contributed by atoms with E-state index in [1.807, 2.05) is 21.1 Å². The number of aliphatic carboxylic acids is 1. The molecule has 0 heterocycles. The van der Waals surface area contributed by atoms with Crippen molar-refractivity contribution < 1.29 is 42.9 Å². The molecule has 0 radical (unpaired) electrons. The van der Waals surface area contributed by atoms with Crippen molar-refractivity contribution in [1.29, 1.82) is 0 Å². The number of unbranched alkanes of at least 4 members (excludes halogenated alkanes) is 34. The van der Waals surface area contributed by atoms with Crippen molar-refractivity contribution in [2.24, 2.45) is 0 Å². The number of quaternary nitrogens is 1. The molecular formula is C88H150NO8+. The molecule has 0 fully saturated rings. The van der Waals surface area contributed by atoms with Crippen LogP contribution in [0.1, 0.15) is 335 Å². The van der Waals surface area contributed by atoms with E-state index in [1.165, 1.54) is 186 Å². The second kappa shape index (κ2) is 76.9. The summed E-state index contributed by atoms with van der Waals surface area (Å²) in [5, 5.41) is 9.78. The van der Waals surface area contributed by atoms with Crippen molar-refractivity contribution in [3.63, 3.8) is 0 Å². The van der Waals surface area contributed by atoms with Gasteiger partial charge in [0, 0.05) is 12.8 Å². The van der Waals surface area contributed by atoms with Gasteiger partial charge in [-0.15, -0.1) is 0 Å². The van der Waals surface area contributed by atoms with Crippen molar-refractivity contribution in [3.8, 4) is 0 Å².